The van der Waals surface area contributed by atoms with E-state index in [1.165, 1.54) is 31.4 Å². The Labute approximate surface area is 150 Å². The molecule has 5 rings (SSSR count). The average Bonchev–Trinajstić information content (AvgIpc) is 2.48. The fourth-order valence-electron chi connectivity index (χ4n) is 5.44. The molecule has 1 aromatic rings. The number of phenols is 2. The molecule has 0 atom stereocenters. The van der Waals surface area contributed by atoms with Gasteiger partial charge in [0.15, 0.2) is 11.5 Å². The number of phenolic OH excluding ortho intramolecular Hbond substituents is 2. The van der Waals surface area contributed by atoms with E-state index in [1.807, 2.05) is 0 Å². The van der Waals surface area contributed by atoms with Crippen LogP contribution in [0, 0.1) is 17.8 Å². The summed E-state index contributed by atoms with van der Waals surface area (Å²) in [6.45, 7) is 0. The second kappa shape index (κ2) is 5.80. The molecule has 0 saturated heterocycles. The summed E-state index contributed by atoms with van der Waals surface area (Å²) in [6, 6.07) is 3.11. The lowest BCUT2D eigenvalue weighted by Gasteiger charge is -2.56. The number of nitrogens with one attached hydrogen (secondary N) is 1. The van der Waals surface area contributed by atoms with Crippen LogP contribution in [0.1, 0.15) is 44.1 Å². The van der Waals surface area contributed by atoms with Gasteiger partial charge in [-0.1, -0.05) is 0 Å². The van der Waals surface area contributed by atoms with Crippen molar-refractivity contribution in [1.29, 1.82) is 0 Å². The van der Waals surface area contributed by atoms with Gasteiger partial charge in [0.05, 0.1) is 4.47 Å². The van der Waals surface area contributed by atoms with E-state index in [-0.39, 0.29) is 22.9 Å². The minimum atomic E-state index is -0.203. The van der Waals surface area contributed by atoms with Crippen molar-refractivity contribution < 1.29 is 15.0 Å². The molecule has 4 aliphatic carbocycles. The van der Waals surface area contributed by atoms with Gasteiger partial charge < -0.3 is 15.5 Å². The summed E-state index contributed by atoms with van der Waals surface area (Å²) >= 11 is 3.18. The van der Waals surface area contributed by atoms with Crippen LogP contribution >= 0.6 is 15.9 Å². The molecule has 4 fully saturated rings. The van der Waals surface area contributed by atoms with E-state index in [9.17, 15) is 15.0 Å². The first-order valence-corrected chi connectivity index (χ1v) is 9.43. The van der Waals surface area contributed by atoms with Crippen LogP contribution in [0.5, 0.6) is 11.5 Å². The number of carbonyl (C=O) groups is 1. The van der Waals surface area contributed by atoms with E-state index in [1.54, 1.807) is 12.1 Å². The minimum Gasteiger partial charge on any atom is -0.504 e. The van der Waals surface area contributed by atoms with Crippen LogP contribution in [0.15, 0.2) is 22.7 Å². The first-order chi connectivity index (χ1) is 11.4. The van der Waals surface area contributed by atoms with E-state index in [4.69, 9.17) is 0 Å². The molecule has 24 heavy (non-hydrogen) atoms. The van der Waals surface area contributed by atoms with Gasteiger partial charge in [0.2, 0.25) is 5.91 Å². The Kier molecular flexibility index (Phi) is 3.87. The number of benzene rings is 1. The third-order valence-electron chi connectivity index (χ3n) is 5.92. The van der Waals surface area contributed by atoms with Gasteiger partial charge in [-0.3, -0.25) is 4.79 Å². The Morgan fingerprint density at radius 3 is 2.25 bits per heavy atom. The fraction of sp³-hybridized carbons (Fsp3) is 0.526. The van der Waals surface area contributed by atoms with Crippen molar-refractivity contribution in [2.75, 3.05) is 0 Å². The predicted octanol–water partition coefficient (Wildman–Crippen LogP) is 3.96. The second-order valence-electron chi connectivity index (χ2n) is 7.89. The summed E-state index contributed by atoms with van der Waals surface area (Å²) in [6.07, 6.45) is 10.6. The fourth-order valence-corrected chi connectivity index (χ4v) is 5.91. The Morgan fingerprint density at radius 2 is 1.71 bits per heavy atom. The lowest BCUT2D eigenvalue weighted by atomic mass is 9.53. The number of halogens is 1. The standard InChI is InChI=1S/C19H22BrNO3/c20-15-6-11(7-16(22)18(15)24)1-2-17(23)21-19-8-12-3-13(9-19)5-14(4-12)10-19/h1-2,6-7,12-14,22,24H,3-5,8-10H2,(H,21,23)/b2-1+. The highest BCUT2D eigenvalue weighted by molar-refractivity contribution is 9.10. The van der Waals surface area contributed by atoms with Gasteiger partial charge in [-0.05, 0) is 96.0 Å². The van der Waals surface area contributed by atoms with E-state index < -0.39 is 0 Å². The van der Waals surface area contributed by atoms with Gasteiger partial charge in [-0.25, -0.2) is 0 Å². The lowest BCUT2D eigenvalue weighted by molar-refractivity contribution is -0.122. The molecule has 0 heterocycles. The van der Waals surface area contributed by atoms with Gasteiger partial charge in [-0.2, -0.15) is 0 Å². The molecule has 4 nitrogen and oxygen atoms in total. The number of carbonyl (C=O) groups excluding carboxylic acids is 1. The monoisotopic (exact) mass is 391 g/mol. The number of hydrogen-bond acceptors (Lipinski definition) is 3. The predicted molar refractivity (Wildman–Crippen MR) is 95.6 cm³/mol. The maximum atomic E-state index is 12.4. The zero-order chi connectivity index (χ0) is 16.9. The molecule has 0 aliphatic heterocycles. The molecule has 4 saturated carbocycles. The quantitative estimate of drug-likeness (QED) is 0.539. The first kappa shape index (κ1) is 16.0. The topological polar surface area (TPSA) is 69.6 Å². The highest BCUT2D eigenvalue weighted by Crippen LogP contribution is 2.55. The molecule has 3 N–H and O–H groups in total. The molecule has 0 radical (unpaired) electrons. The molecule has 128 valence electrons. The zero-order valence-corrected chi connectivity index (χ0v) is 15.1. The smallest absolute Gasteiger partial charge is 0.244 e. The molecular weight excluding hydrogens is 370 g/mol. The van der Waals surface area contributed by atoms with Crippen molar-refractivity contribution >= 4 is 27.9 Å². The van der Waals surface area contributed by atoms with Gasteiger partial charge >= 0.3 is 0 Å². The normalized spacial score (nSPS) is 34.0. The molecule has 5 heteroatoms. The van der Waals surface area contributed by atoms with Crippen LogP contribution in [0.3, 0.4) is 0 Å². The molecule has 4 aliphatic rings. The largest absolute Gasteiger partial charge is 0.504 e. The number of hydrogen-bond donors (Lipinski definition) is 3. The third kappa shape index (κ3) is 2.94. The maximum Gasteiger partial charge on any atom is 0.244 e. The molecule has 0 spiro atoms. The van der Waals surface area contributed by atoms with Crippen molar-refractivity contribution in [1.82, 2.24) is 5.32 Å². The second-order valence-corrected chi connectivity index (χ2v) is 8.75. The number of rotatable bonds is 3. The molecule has 4 bridgehead atoms. The van der Waals surface area contributed by atoms with Gasteiger partial charge in [0.1, 0.15) is 0 Å². The Hall–Kier alpha value is -1.49. The highest BCUT2D eigenvalue weighted by Gasteiger charge is 2.51. The Balaban J connectivity index is 1.45. The van der Waals surface area contributed by atoms with E-state index in [0.29, 0.717) is 10.0 Å². The van der Waals surface area contributed by atoms with Crippen LogP contribution < -0.4 is 5.32 Å². The number of amides is 1. The zero-order valence-electron chi connectivity index (χ0n) is 13.5. The summed E-state index contributed by atoms with van der Waals surface area (Å²) < 4.78 is 0.406. The Bertz CT molecular complexity index is 654. The summed E-state index contributed by atoms with van der Waals surface area (Å²) in [5, 5.41) is 22.5. The average molecular weight is 392 g/mol. The van der Waals surface area contributed by atoms with Crippen LogP contribution in [0.25, 0.3) is 6.08 Å². The van der Waals surface area contributed by atoms with Gasteiger partial charge in [-0.15, -0.1) is 0 Å². The lowest BCUT2D eigenvalue weighted by Crippen LogP contribution is -2.59. The highest BCUT2D eigenvalue weighted by atomic mass is 79.9. The van der Waals surface area contributed by atoms with Crippen molar-refractivity contribution in [2.45, 2.75) is 44.1 Å². The van der Waals surface area contributed by atoms with Crippen LogP contribution in [-0.2, 0) is 4.79 Å². The molecule has 1 amide bonds. The molecular formula is C19H22BrNO3. The minimum absolute atomic E-state index is 0.00779. The van der Waals surface area contributed by atoms with Gasteiger partial charge in [0, 0.05) is 11.6 Å². The van der Waals surface area contributed by atoms with Crippen LogP contribution in [0.2, 0.25) is 0 Å². The van der Waals surface area contributed by atoms with Crippen LogP contribution in [-0.4, -0.2) is 21.7 Å². The van der Waals surface area contributed by atoms with Crippen molar-refractivity contribution in [3.05, 3.63) is 28.2 Å². The summed E-state index contributed by atoms with van der Waals surface area (Å²) in [7, 11) is 0. The van der Waals surface area contributed by atoms with Crippen molar-refractivity contribution in [3.8, 4) is 11.5 Å². The Morgan fingerprint density at radius 1 is 1.12 bits per heavy atom. The van der Waals surface area contributed by atoms with E-state index >= 15 is 0 Å². The van der Waals surface area contributed by atoms with Crippen molar-refractivity contribution in [2.24, 2.45) is 17.8 Å². The number of aromatic hydroxyl groups is 2. The summed E-state index contributed by atoms with van der Waals surface area (Å²) in [4.78, 5) is 12.4. The molecule has 1 aromatic carbocycles. The first-order valence-electron chi connectivity index (χ1n) is 8.64. The third-order valence-corrected chi connectivity index (χ3v) is 6.52. The van der Waals surface area contributed by atoms with Crippen LogP contribution in [0.4, 0.5) is 0 Å². The summed E-state index contributed by atoms with van der Waals surface area (Å²) in [5.41, 5.74) is 0.672. The SMILES string of the molecule is O=C(/C=C/c1cc(O)c(O)c(Br)c1)NC12CC3CC(CC(C3)C1)C2. The van der Waals surface area contributed by atoms with Gasteiger partial charge in [0.25, 0.3) is 0 Å². The van der Waals surface area contributed by atoms with E-state index in [0.717, 1.165) is 37.0 Å². The molecule has 0 unspecified atom stereocenters. The summed E-state index contributed by atoms with van der Waals surface area (Å²) in [5.74, 6) is 1.93. The van der Waals surface area contributed by atoms with E-state index in [2.05, 4.69) is 21.2 Å². The maximum absolute atomic E-state index is 12.4. The molecule has 0 aromatic heterocycles. The van der Waals surface area contributed by atoms with Crippen molar-refractivity contribution in [3.63, 3.8) is 0 Å².